The lowest BCUT2D eigenvalue weighted by Crippen LogP contribution is -2.16. The van der Waals surface area contributed by atoms with Gasteiger partial charge in [0, 0.05) is 22.3 Å². The van der Waals surface area contributed by atoms with Crippen molar-refractivity contribution < 1.29 is 4.21 Å². The summed E-state index contributed by atoms with van der Waals surface area (Å²) < 4.78 is 10.9. The molecule has 1 fully saturated rings. The van der Waals surface area contributed by atoms with Gasteiger partial charge in [-0.1, -0.05) is 19.3 Å². The summed E-state index contributed by atoms with van der Waals surface area (Å²) in [5.41, 5.74) is 0. The van der Waals surface area contributed by atoms with Crippen molar-refractivity contribution in [2.45, 2.75) is 37.4 Å². The van der Waals surface area contributed by atoms with Crippen LogP contribution < -0.4 is 0 Å². The Labute approximate surface area is 59.3 Å². The zero-order valence-corrected chi connectivity index (χ0v) is 6.75. The summed E-state index contributed by atoms with van der Waals surface area (Å²) in [4.78, 5) is 0. The van der Waals surface area contributed by atoms with Crippen LogP contribution >= 0.6 is 0 Å². The number of hydrogen-bond donors (Lipinski definition) is 0. The molecule has 0 bridgehead atoms. The molecule has 0 aromatic rings. The molecule has 0 N–H and O–H groups in total. The maximum Gasteiger partial charge on any atom is 0.0345 e. The van der Waals surface area contributed by atoms with Crippen LogP contribution in [0.3, 0.4) is 0 Å². The van der Waals surface area contributed by atoms with Crippen LogP contribution in [0.5, 0.6) is 0 Å². The molecule has 0 spiro atoms. The average molecular weight is 146 g/mol. The van der Waals surface area contributed by atoms with E-state index in [1.54, 1.807) is 0 Å². The van der Waals surface area contributed by atoms with Crippen molar-refractivity contribution >= 4 is 10.8 Å². The lowest BCUT2D eigenvalue weighted by molar-refractivity contribution is 0.506. The van der Waals surface area contributed by atoms with Gasteiger partial charge in [-0.3, -0.25) is 4.21 Å². The van der Waals surface area contributed by atoms with Crippen molar-refractivity contribution in [1.29, 1.82) is 0 Å². The molecule has 0 heterocycles. The Hall–Kier alpha value is 0.150. The molecule has 1 atom stereocenters. The van der Waals surface area contributed by atoms with Crippen molar-refractivity contribution in [2.75, 3.05) is 6.26 Å². The van der Waals surface area contributed by atoms with E-state index in [1.165, 1.54) is 32.1 Å². The van der Waals surface area contributed by atoms with Crippen LogP contribution in [0.1, 0.15) is 32.1 Å². The summed E-state index contributed by atoms with van der Waals surface area (Å²) in [6.07, 6.45) is 8.17. The SMILES string of the molecule is C[S@](=O)C1CCCCC1. The maximum atomic E-state index is 10.9. The van der Waals surface area contributed by atoms with Crippen LogP contribution in [0.4, 0.5) is 0 Å². The second-order valence-corrected chi connectivity index (χ2v) is 4.42. The minimum atomic E-state index is -0.552. The molecule has 9 heavy (non-hydrogen) atoms. The molecule has 0 unspecified atom stereocenters. The Balaban J connectivity index is 2.31. The lowest BCUT2D eigenvalue weighted by atomic mass is 10.0. The highest BCUT2D eigenvalue weighted by molar-refractivity contribution is 7.84. The van der Waals surface area contributed by atoms with Crippen LogP contribution in [-0.2, 0) is 10.8 Å². The normalized spacial score (nSPS) is 25.9. The van der Waals surface area contributed by atoms with Gasteiger partial charge in [0.2, 0.25) is 0 Å². The van der Waals surface area contributed by atoms with Crippen LogP contribution in [0.25, 0.3) is 0 Å². The number of rotatable bonds is 1. The van der Waals surface area contributed by atoms with Gasteiger partial charge < -0.3 is 0 Å². The van der Waals surface area contributed by atoms with Gasteiger partial charge in [0.25, 0.3) is 0 Å². The van der Waals surface area contributed by atoms with E-state index in [9.17, 15) is 4.21 Å². The molecule has 1 aliphatic carbocycles. The summed E-state index contributed by atoms with van der Waals surface area (Å²) in [6.45, 7) is 0. The first kappa shape index (κ1) is 7.26. The molecule has 54 valence electrons. The smallest absolute Gasteiger partial charge is 0.0345 e. The van der Waals surface area contributed by atoms with Crippen molar-refractivity contribution in [3.63, 3.8) is 0 Å². The zero-order chi connectivity index (χ0) is 6.69. The highest BCUT2D eigenvalue weighted by Crippen LogP contribution is 2.20. The third-order valence-electron chi connectivity index (χ3n) is 2.02. The van der Waals surface area contributed by atoms with Gasteiger partial charge in [-0.25, -0.2) is 0 Å². The van der Waals surface area contributed by atoms with Crippen molar-refractivity contribution in [2.24, 2.45) is 0 Å². The second-order valence-electron chi connectivity index (χ2n) is 2.76. The quantitative estimate of drug-likeness (QED) is 0.550. The highest BCUT2D eigenvalue weighted by atomic mass is 32.2. The topological polar surface area (TPSA) is 17.1 Å². The largest absolute Gasteiger partial charge is 0.260 e. The fourth-order valence-electron chi connectivity index (χ4n) is 1.40. The Morgan fingerprint density at radius 2 is 1.78 bits per heavy atom. The molecule has 0 aromatic heterocycles. The molecule has 2 heteroatoms. The molecule has 1 rings (SSSR count). The van der Waals surface area contributed by atoms with Crippen LogP contribution in [0.2, 0.25) is 0 Å². The van der Waals surface area contributed by atoms with E-state index in [0.29, 0.717) is 5.25 Å². The predicted octanol–water partition coefficient (Wildman–Crippen LogP) is 1.70. The standard InChI is InChI=1S/C7H14OS/c1-9(8)7-5-3-2-4-6-7/h7H,2-6H2,1H3/t9-/m0/s1. The zero-order valence-electron chi connectivity index (χ0n) is 5.93. The summed E-state index contributed by atoms with van der Waals surface area (Å²) >= 11 is 0. The van der Waals surface area contributed by atoms with Crippen LogP contribution in [0.15, 0.2) is 0 Å². The summed E-state index contributed by atoms with van der Waals surface area (Å²) in [7, 11) is -0.552. The second kappa shape index (κ2) is 3.35. The first-order chi connectivity index (χ1) is 4.30. The Morgan fingerprint density at radius 1 is 1.22 bits per heavy atom. The van der Waals surface area contributed by atoms with E-state index in [4.69, 9.17) is 0 Å². The molecule has 0 amide bonds. The van der Waals surface area contributed by atoms with E-state index < -0.39 is 10.8 Å². The predicted molar refractivity (Wildman–Crippen MR) is 40.9 cm³/mol. The summed E-state index contributed by atoms with van der Waals surface area (Å²) in [5.74, 6) is 0. The molecule has 0 radical (unpaired) electrons. The Bertz CT molecular complexity index is 105. The summed E-state index contributed by atoms with van der Waals surface area (Å²) in [6, 6.07) is 0. The first-order valence-electron chi connectivity index (χ1n) is 3.63. The molecule has 0 saturated heterocycles. The molecule has 0 aliphatic heterocycles. The molecule has 1 aliphatic rings. The lowest BCUT2D eigenvalue weighted by Gasteiger charge is -2.18. The molecule has 0 aromatic carbocycles. The molecule has 1 saturated carbocycles. The highest BCUT2D eigenvalue weighted by Gasteiger charge is 2.15. The van der Waals surface area contributed by atoms with Gasteiger partial charge in [0.05, 0.1) is 0 Å². The minimum Gasteiger partial charge on any atom is -0.260 e. The van der Waals surface area contributed by atoms with Crippen LogP contribution in [0, 0.1) is 0 Å². The van der Waals surface area contributed by atoms with E-state index >= 15 is 0 Å². The monoisotopic (exact) mass is 146 g/mol. The van der Waals surface area contributed by atoms with Gasteiger partial charge in [-0.15, -0.1) is 0 Å². The minimum absolute atomic E-state index is 0.527. The van der Waals surface area contributed by atoms with Gasteiger partial charge in [-0.05, 0) is 12.8 Å². The fraction of sp³-hybridized carbons (Fsp3) is 1.00. The van der Waals surface area contributed by atoms with Gasteiger partial charge in [0.15, 0.2) is 0 Å². The van der Waals surface area contributed by atoms with Crippen LogP contribution in [-0.4, -0.2) is 15.7 Å². The molecule has 1 nitrogen and oxygen atoms in total. The van der Waals surface area contributed by atoms with E-state index in [1.807, 2.05) is 6.26 Å². The third-order valence-corrected chi connectivity index (χ3v) is 3.43. The molecular formula is C7H14OS. The third kappa shape index (κ3) is 2.09. The average Bonchev–Trinajstić information content (AvgIpc) is 1.90. The van der Waals surface area contributed by atoms with E-state index in [2.05, 4.69) is 0 Å². The fourth-order valence-corrected chi connectivity index (χ4v) is 2.39. The number of hydrogen-bond acceptors (Lipinski definition) is 1. The van der Waals surface area contributed by atoms with E-state index in [0.717, 1.165) is 0 Å². The Morgan fingerprint density at radius 3 is 2.11 bits per heavy atom. The van der Waals surface area contributed by atoms with E-state index in [-0.39, 0.29) is 0 Å². The summed E-state index contributed by atoms with van der Waals surface area (Å²) in [5, 5.41) is 0.527. The van der Waals surface area contributed by atoms with Gasteiger partial charge in [-0.2, -0.15) is 0 Å². The van der Waals surface area contributed by atoms with Gasteiger partial charge >= 0.3 is 0 Å². The van der Waals surface area contributed by atoms with Crippen molar-refractivity contribution in [3.05, 3.63) is 0 Å². The van der Waals surface area contributed by atoms with Gasteiger partial charge in [0.1, 0.15) is 0 Å². The first-order valence-corrected chi connectivity index (χ1v) is 5.25. The van der Waals surface area contributed by atoms with Crippen molar-refractivity contribution in [1.82, 2.24) is 0 Å². The maximum absolute atomic E-state index is 10.9. The Kier molecular flexibility index (Phi) is 2.70. The molecular weight excluding hydrogens is 132 g/mol. The van der Waals surface area contributed by atoms with Crippen molar-refractivity contribution in [3.8, 4) is 0 Å².